The summed E-state index contributed by atoms with van der Waals surface area (Å²) < 4.78 is 12.6. The maximum atomic E-state index is 12.5. The molecule has 0 aliphatic carbocycles. The molecule has 0 bridgehead atoms. The van der Waals surface area contributed by atoms with E-state index in [1.165, 1.54) is 11.8 Å². The Morgan fingerprint density at radius 3 is 2.80 bits per heavy atom. The fourth-order valence-electron chi connectivity index (χ4n) is 2.74. The first kappa shape index (κ1) is 23.0. The lowest BCUT2D eigenvalue weighted by molar-refractivity contribution is -0.115. The van der Waals surface area contributed by atoms with Gasteiger partial charge in [0, 0.05) is 5.02 Å². The Labute approximate surface area is 199 Å². The van der Waals surface area contributed by atoms with Crippen molar-refractivity contribution in [1.82, 2.24) is 5.32 Å². The van der Waals surface area contributed by atoms with Crippen LogP contribution in [0.3, 0.4) is 0 Å². The summed E-state index contributed by atoms with van der Waals surface area (Å²) in [5.41, 5.74) is 2.46. The molecule has 0 unspecified atom stereocenters. The normalized spacial score (nSPS) is 16.4. The van der Waals surface area contributed by atoms with E-state index in [9.17, 15) is 4.79 Å². The molecule has 3 rings (SSSR count). The lowest BCUT2D eigenvalue weighted by atomic mass is 10.2. The molecule has 1 N–H and O–H groups in total. The van der Waals surface area contributed by atoms with Crippen LogP contribution in [0.2, 0.25) is 5.02 Å². The predicted molar refractivity (Wildman–Crippen MR) is 133 cm³/mol. The SMILES string of the molecule is CCOc1cc(/C=C2/SC(=Nc3cccc(Cl)c3C)NC2=O)cc(I)c1OC(C)C. The lowest BCUT2D eigenvalue weighted by Crippen LogP contribution is -2.19. The highest BCUT2D eigenvalue weighted by Gasteiger charge is 2.24. The van der Waals surface area contributed by atoms with Gasteiger partial charge in [-0.15, -0.1) is 0 Å². The van der Waals surface area contributed by atoms with Crippen molar-refractivity contribution in [2.24, 2.45) is 4.99 Å². The van der Waals surface area contributed by atoms with Crippen LogP contribution in [0.15, 0.2) is 40.2 Å². The number of amides is 1. The fraction of sp³-hybridized carbons (Fsp3) is 0.273. The van der Waals surface area contributed by atoms with Crippen molar-refractivity contribution in [3.8, 4) is 11.5 Å². The highest BCUT2D eigenvalue weighted by molar-refractivity contribution is 14.1. The number of nitrogens with one attached hydrogen (secondary N) is 1. The summed E-state index contributed by atoms with van der Waals surface area (Å²) in [6.45, 7) is 8.30. The number of aliphatic imine (C=N–C) groups is 1. The molecule has 0 aromatic heterocycles. The number of thioether (sulfide) groups is 1. The van der Waals surface area contributed by atoms with Crippen molar-refractivity contribution in [2.45, 2.75) is 33.8 Å². The molecule has 5 nitrogen and oxygen atoms in total. The van der Waals surface area contributed by atoms with Crippen LogP contribution < -0.4 is 14.8 Å². The maximum absolute atomic E-state index is 12.5. The topological polar surface area (TPSA) is 59.9 Å². The first-order chi connectivity index (χ1) is 14.3. The molecular formula is C22H22ClIN2O3S. The van der Waals surface area contributed by atoms with Crippen LogP contribution in [0.25, 0.3) is 6.08 Å². The van der Waals surface area contributed by atoms with Gasteiger partial charge in [0.15, 0.2) is 16.7 Å². The zero-order valence-corrected chi connectivity index (χ0v) is 20.8. The van der Waals surface area contributed by atoms with Gasteiger partial charge >= 0.3 is 0 Å². The summed E-state index contributed by atoms with van der Waals surface area (Å²) in [6, 6.07) is 9.38. The standard InChI is InChI=1S/C22H22ClIN2O3S/c1-5-28-18-10-14(9-16(24)20(18)29-12(2)3)11-19-21(27)26-22(30-19)25-17-8-6-7-15(23)13(17)4/h6-12H,5H2,1-4H3,(H,25,26,27)/b19-11+. The number of amidine groups is 1. The number of ether oxygens (including phenoxy) is 2. The molecule has 0 radical (unpaired) electrons. The highest BCUT2D eigenvalue weighted by Crippen LogP contribution is 2.37. The van der Waals surface area contributed by atoms with Crippen LogP contribution in [0.5, 0.6) is 11.5 Å². The molecule has 8 heteroatoms. The third kappa shape index (κ3) is 5.50. The van der Waals surface area contributed by atoms with E-state index in [1.54, 1.807) is 0 Å². The number of nitrogens with zero attached hydrogens (tertiary/aromatic N) is 1. The second-order valence-electron chi connectivity index (χ2n) is 6.80. The van der Waals surface area contributed by atoms with Crippen LogP contribution >= 0.6 is 46.0 Å². The zero-order valence-electron chi connectivity index (χ0n) is 17.1. The van der Waals surface area contributed by atoms with Crippen LogP contribution in [-0.2, 0) is 4.79 Å². The molecular weight excluding hydrogens is 535 g/mol. The van der Waals surface area contributed by atoms with Crippen molar-refractivity contribution in [2.75, 3.05) is 6.61 Å². The highest BCUT2D eigenvalue weighted by atomic mass is 127. The number of carbonyl (C=O) groups is 1. The molecule has 1 saturated heterocycles. The summed E-state index contributed by atoms with van der Waals surface area (Å²) in [6.07, 6.45) is 1.86. The van der Waals surface area contributed by atoms with E-state index in [2.05, 4.69) is 32.9 Å². The molecule has 0 spiro atoms. The molecule has 2 aromatic carbocycles. The van der Waals surface area contributed by atoms with Crippen molar-refractivity contribution in [3.63, 3.8) is 0 Å². The summed E-state index contributed by atoms with van der Waals surface area (Å²) in [5, 5.41) is 3.98. The van der Waals surface area contributed by atoms with E-state index < -0.39 is 0 Å². The molecule has 158 valence electrons. The van der Waals surface area contributed by atoms with Crippen molar-refractivity contribution < 1.29 is 14.3 Å². The predicted octanol–water partition coefficient (Wildman–Crippen LogP) is 6.33. The van der Waals surface area contributed by atoms with E-state index in [0.717, 1.165) is 26.1 Å². The van der Waals surface area contributed by atoms with E-state index >= 15 is 0 Å². The van der Waals surface area contributed by atoms with E-state index in [0.29, 0.717) is 27.5 Å². The second kappa shape index (κ2) is 10.1. The Kier molecular flexibility index (Phi) is 7.70. The van der Waals surface area contributed by atoms with Crippen molar-refractivity contribution >= 4 is 68.8 Å². The molecule has 1 heterocycles. The maximum Gasteiger partial charge on any atom is 0.264 e. The summed E-state index contributed by atoms with van der Waals surface area (Å²) in [7, 11) is 0. The van der Waals surface area contributed by atoms with Crippen LogP contribution in [0.1, 0.15) is 31.9 Å². The van der Waals surface area contributed by atoms with Gasteiger partial charge in [0.1, 0.15) is 0 Å². The van der Waals surface area contributed by atoms with Crippen LogP contribution in [0.4, 0.5) is 5.69 Å². The van der Waals surface area contributed by atoms with Gasteiger partial charge in [-0.2, -0.15) is 0 Å². The van der Waals surface area contributed by atoms with Gasteiger partial charge in [-0.25, -0.2) is 4.99 Å². The number of rotatable bonds is 6. The molecule has 1 aliphatic rings. The Morgan fingerprint density at radius 2 is 2.10 bits per heavy atom. The summed E-state index contributed by atoms with van der Waals surface area (Å²) in [5.74, 6) is 1.20. The number of benzene rings is 2. The van der Waals surface area contributed by atoms with Gasteiger partial charge < -0.3 is 14.8 Å². The van der Waals surface area contributed by atoms with E-state index in [1.807, 2.05) is 64.1 Å². The molecule has 1 fully saturated rings. The van der Waals surface area contributed by atoms with Gasteiger partial charge in [-0.05, 0) is 104 Å². The van der Waals surface area contributed by atoms with Crippen LogP contribution in [0, 0.1) is 10.5 Å². The average molecular weight is 557 g/mol. The Balaban J connectivity index is 1.90. The molecule has 2 aromatic rings. The van der Waals surface area contributed by atoms with Gasteiger partial charge in [0.25, 0.3) is 5.91 Å². The molecule has 0 saturated carbocycles. The first-order valence-corrected chi connectivity index (χ1v) is 11.7. The Hall–Kier alpha value is -1.71. The molecule has 1 amide bonds. The first-order valence-electron chi connectivity index (χ1n) is 9.46. The Bertz CT molecular complexity index is 1040. The van der Waals surface area contributed by atoms with Gasteiger partial charge in [-0.1, -0.05) is 17.7 Å². The van der Waals surface area contributed by atoms with Gasteiger partial charge in [0.05, 0.1) is 26.9 Å². The minimum Gasteiger partial charge on any atom is -0.490 e. The number of hydrogen-bond donors (Lipinski definition) is 1. The third-order valence-corrected chi connectivity index (χ3v) is 6.22. The van der Waals surface area contributed by atoms with Crippen LogP contribution in [-0.4, -0.2) is 23.8 Å². The largest absolute Gasteiger partial charge is 0.490 e. The van der Waals surface area contributed by atoms with E-state index in [4.69, 9.17) is 21.1 Å². The molecule has 30 heavy (non-hydrogen) atoms. The zero-order chi connectivity index (χ0) is 21.8. The van der Waals surface area contributed by atoms with Gasteiger partial charge in [-0.3, -0.25) is 4.79 Å². The smallest absolute Gasteiger partial charge is 0.264 e. The van der Waals surface area contributed by atoms with Crippen molar-refractivity contribution in [1.29, 1.82) is 0 Å². The minimum atomic E-state index is -0.186. The number of carbonyl (C=O) groups excluding carboxylic acids is 1. The fourth-order valence-corrected chi connectivity index (χ4v) is 4.50. The number of halogens is 2. The molecule has 0 atom stereocenters. The Morgan fingerprint density at radius 1 is 1.33 bits per heavy atom. The average Bonchev–Trinajstić information content (AvgIpc) is 3.01. The third-order valence-electron chi connectivity index (χ3n) is 4.09. The summed E-state index contributed by atoms with van der Waals surface area (Å²) in [4.78, 5) is 17.6. The van der Waals surface area contributed by atoms with Gasteiger partial charge in [0.2, 0.25) is 0 Å². The second-order valence-corrected chi connectivity index (χ2v) is 9.40. The minimum absolute atomic E-state index is 0.0341. The monoisotopic (exact) mass is 556 g/mol. The van der Waals surface area contributed by atoms with Crippen molar-refractivity contribution in [3.05, 3.63) is 55.0 Å². The number of hydrogen-bond acceptors (Lipinski definition) is 5. The molecule has 1 aliphatic heterocycles. The summed E-state index contributed by atoms with van der Waals surface area (Å²) >= 11 is 9.69. The quantitative estimate of drug-likeness (QED) is 0.334. The van der Waals surface area contributed by atoms with E-state index in [-0.39, 0.29) is 12.0 Å². The lowest BCUT2D eigenvalue weighted by Gasteiger charge is -2.17.